The molecule has 1 atom stereocenters. The quantitative estimate of drug-likeness (QED) is 0.871. The lowest BCUT2D eigenvalue weighted by Crippen LogP contribution is -2.35. The van der Waals surface area contributed by atoms with Crippen molar-refractivity contribution in [3.8, 4) is 0 Å². The number of benzene rings is 1. The first-order valence-electron chi connectivity index (χ1n) is 7.69. The number of rotatable bonds is 3. The van der Waals surface area contributed by atoms with E-state index < -0.39 is 23.1 Å². The maximum atomic E-state index is 14.1. The zero-order valence-electron chi connectivity index (χ0n) is 13.2. The lowest BCUT2D eigenvalue weighted by atomic mass is 9.90. The highest BCUT2D eigenvalue weighted by atomic mass is 19.1. The van der Waals surface area contributed by atoms with Gasteiger partial charge in [-0.25, -0.2) is 9.18 Å². The van der Waals surface area contributed by atoms with Crippen LogP contribution >= 0.6 is 0 Å². The third kappa shape index (κ3) is 2.68. The highest BCUT2D eigenvalue weighted by Crippen LogP contribution is 2.32. The van der Waals surface area contributed by atoms with E-state index in [1.165, 1.54) is 21.9 Å². The van der Waals surface area contributed by atoms with Gasteiger partial charge in [-0.1, -0.05) is 0 Å². The van der Waals surface area contributed by atoms with Crippen LogP contribution in [0.5, 0.6) is 0 Å². The fourth-order valence-electron chi connectivity index (χ4n) is 3.04. The van der Waals surface area contributed by atoms with Gasteiger partial charge in [0, 0.05) is 31.9 Å². The summed E-state index contributed by atoms with van der Waals surface area (Å²) in [5, 5.41) is 11.9. The van der Waals surface area contributed by atoms with Gasteiger partial charge in [0.05, 0.1) is 11.0 Å². The molecule has 2 fully saturated rings. The zero-order chi connectivity index (χ0) is 17.5. The number of nitrogens with zero attached hydrogens (tertiary/aromatic N) is 2. The van der Waals surface area contributed by atoms with E-state index in [-0.39, 0.29) is 24.7 Å². The Morgan fingerprint density at radius 3 is 2.67 bits per heavy atom. The summed E-state index contributed by atoms with van der Waals surface area (Å²) in [5.74, 6) is -2.22. The maximum absolute atomic E-state index is 14.1. The van der Waals surface area contributed by atoms with Crippen LogP contribution in [-0.2, 0) is 4.79 Å². The van der Waals surface area contributed by atoms with Crippen molar-refractivity contribution in [3.63, 3.8) is 0 Å². The number of halogens is 1. The van der Waals surface area contributed by atoms with E-state index in [4.69, 9.17) is 0 Å². The summed E-state index contributed by atoms with van der Waals surface area (Å²) in [4.78, 5) is 38.4. The number of likely N-dealkylation sites (tertiary alicyclic amines) is 1. The van der Waals surface area contributed by atoms with Crippen molar-refractivity contribution in [1.29, 1.82) is 0 Å². The van der Waals surface area contributed by atoms with Crippen molar-refractivity contribution in [1.82, 2.24) is 10.2 Å². The van der Waals surface area contributed by atoms with Crippen LogP contribution in [0.25, 0.3) is 0 Å². The third-order valence-corrected chi connectivity index (χ3v) is 4.63. The van der Waals surface area contributed by atoms with Crippen LogP contribution in [0.2, 0.25) is 0 Å². The smallest absolute Gasteiger partial charge is 0.321 e. The van der Waals surface area contributed by atoms with E-state index in [9.17, 15) is 23.9 Å². The number of carboxylic acids is 1. The Kier molecular flexibility index (Phi) is 3.90. The van der Waals surface area contributed by atoms with E-state index in [0.29, 0.717) is 25.2 Å². The molecule has 8 heteroatoms. The van der Waals surface area contributed by atoms with Gasteiger partial charge >= 0.3 is 12.0 Å². The molecule has 0 radical (unpaired) electrons. The van der Waals surface area contributed by atoms with Crippen LogP contribution in [0.4, 0.5) is 14.9 Å². The topological polar surface area (TPSA) is 89.9 Å². The largest absolute Gasteiger partial charge is 0.481 e. The van der Waals surface area contributed by atoms with Crippen LogP contribution < -0.4 is 10.2 Å². The van der Waals surface area contributed by atoms with Crippen molar-refractivity contribution >= 4 is 23.6 Å². The minimum atomic E-state index is -1.02. The molecule has 1 aromatic carbocycles. The lowest BCUT2D eigenvalue weighted by molar-refractivity contribution is -0.147. The Morgan fingerprint density at radius 1 is 1.33 bits per heavy atom. The molecule has 0 aromatic heterocycles. The Labute approximate surface area is 138 Å². The minimum absolute atomic E-state index is 0.0367. The van der Waals surface area contributed by atoms with Gasteiger partial charge in [0.25, 0.3) is 5.91 Å². The van der Waals surface area contributed by atoms with Gasteiger partial charge in [-0.3, -0.25) is 14.5 Å². The van der Waals surface area contributed by atoms with Gasteiger partial charge < -0.3 is 15.3 Å². The third-order valence-electron chi connectivity index (χ3n) is 4.63. The molecule has 2 aliphatic rings. The van der Waals surface area contributed by atoms with Crippen LogP contribution in [-0.4, -0.2) is 54.1 Å². The van der Waals surface area contributed by atoms with E-state index in [0.717, 1.165) is 6.07 Å². The number of urea groups is 1. The molecule has 24 heavy (non-hydrogen) atoms. The molecule has 0 spiro atoms. The summed E-state index contributed by atoms with van der Waals surface area (Å²) in [6.45, 7) is 2.80. The molecule has 7 nitrogen and oxygen atoms in total. The number of aliphatic carboxylic acids is 1. The van der Waals surface area contributed by atoms with Gasteiger partial charge in [-0.15, -0.1) is 0 Å². The molecule has 2 aliphatic heterocycles. The Balaban J connectivity index is 1.85. The van der Waals surface area contributed by atoms with Crippen LogP contribution in [0.1, 0.15) is 23.7 Å². The van der Waals surface area contributed by atoms with Gasteiger partial charge in [0.1, 0.15) is 5.82 Å². The molecule has 2 N–H and O–H groups in total. The van der Waals surface area contributed by atoms with Crippen molar-refractivity contribution in [2.24, 2.45) is 5.41 Å². The summed E-state index contributed by atoms with van der Waals surface area (Å²) in [5.41, 5.74) is -0.727. The fraction of sp³-hybridized carbons (Fsp3) is 0.438. The number of amides is 3. The van der Waals surface area contributed by atoms with Gasteiger partial charge in [0.15, 0.2) is 0 Å². The molecule has 2 heterocycles. The average molecular weight is 335 g/mol. The van der Waals surface area contributed by atoms with Crippen LogP contribution in [0, 0.1) is 11.2 Å². The molecule has 3 amide bonds. The first-order valence-corrected chi connectivity index (χ1v) is 7.69. The van der Waals surface area contributed by atoms with E-state index in [1.54, 1.807) is 6.92 Å². The highest BCUT2D eigenvalue weighted by molar-refractivity contribution is 5.99. The second-order valence-electron chi connectivity index (χ2n) is 6.39. The van der Waals surface area contributed by atoms with Gasteiger partial charge in [-0.05, 0) is 31.5 Å². The lowest BCUT2D eigenvalue weighted by Gasteiger charge is -2.21. The SMILES string of the molecule is C[C@]1(C(=O)O)CCN(C(=O)c2cc(N3CCNC3=O)ccc2F)C1. The number of carboxylic acid groups (broad SMARTS) is 1. The second kappa shape index (κ2) is 5.77. The first kappa shape index (κ1) is 16.2. The predicted octanol–water partition coefficient (Wildman–Crippen LogP) is 1.29. The summed E-state index contributed by atoms with van der Waals surface area (Å²) in [6.07, 6.45) is 0.323. The predicted molar refractivity (Wildman–Crippen MR) is 83.4 cm³/mol. The van der Waals surface area contributed by atoms with E-state index >= 15 is 0 Å². The second-order valence-corrected chi connectivity index (χ2v) is 6.39. The number of hydrogen-bond donors (Lipinski definition) is 2. The number of anilines is 1. The molecule has 0 bridgehead atoms. The first-order chi connectivity index (χ1) is 11.3. The minimum Gasteiger partial charge on any atom is -0.481 e. The van der Waals surface area contributed by atoms with Crippen molar-refractivity contribution < 1.29 is 23.9 Å². The number of carbonyl (C=O) groups excluding carboxylic acids is 2. The monoisotopic (exact) mass is 335 g/mol. The normalized spacial score (nSPS) is 23.5. The van der Waals surface area contributed by atoms with Crippen molar-refractivity contribution in [3.05, 3.63) is 29.6 Å². The molecule has 2 saturated heterocycles. The maximum Gasteiger partial charge on any atom is 0.321 e. The van der Waals surface area contributed by atoms with Crippen molar-refractivity contribution in [2.45, 2.75) is 13.3 Å². The molecular formula is C16H18FN3O4. The van der Waals surface area contributed by atoms with Gasteiger partial charge in [0.2, 0.25) is 0 Å². The molecule has 1 aromatic rings. The highest BCUT2D eigenvalue weighted by Gasteiger charge is 2.42. The fourth-order valence-corrected chi connectivity index (χ4v) is 3.04. The molecule has 0 aliphatic carbocycles. The average Bonchev–Trinajstić information content (AvgIpc) is 3.14. The zero-order valence-corrected chi connectivity index (χ0v) is 13.2. The van der Waals surface area contributed by atoms with Gasteiger partial charge in [-0.2, -0.15) is 0 Å². The number of nitrogens with one attached hydrogen (secondary N) is 1. The molecule has 3 rings (SSSR count). The van der Waals surface area contributed by atoms with Crippen molar-refractivity contribution in [2.75, 3.05) is 31.1 Å². The van der Waals surface area contributed by atoms with Crippen LogP contribution in [0.3, 0.4) is 0 Å². The summed E-state index contributed by atoms with van der Waals surface area (Å²) >= 11 is 0. The molecule has 0 saturated carbocycles. The Bertz CT molecular complexity index is 723. The van der Waals surface area contributed by atoms with E-state index in [1.807, 2.05) is 0 Å². The molecule has 0 unspecified atom stereocenters. The number of hydrogen-bond acceptors (Lipinski definition) is 3. The standard InChI is InChI=1S/C16H18FN3O4/c1-16(14(22)23)4-6-19(9-16)13(21)11-8-10(2-3-12(11)17)20-7-5-18-15(20)24/h2-3,8H,4-7,9H2,1H3,(H,18,24)(H,22,23)/t16-/m0/s1. The number of carbonyl (C=O) groups is 3. The Hall–Kier alpha value is -2.64. The molecule has 128 valence electrons. The van der Waals surface area contributed by atoms with E-state index in [2.05, 4.69) is 5.32 Å². The van der Waals surface area contributed by atoms with Crippen LogP contribution in [0.15, 0.2) is 18.2 Å². The molecular weight excluding hydrogens is 317 g/mol. The summed E-state index contributed by atoms with van der Waals surface area (Å²) < 4.78 is 14.1. The Morgan fingerprint density at radius 2 is 2.08 bits per heavy atom. The summed E-state index contributed by atoms with van der Waals surface area (Å²) in [7, 11) is 0. The summed E-state index contributed by atoms with van der Waals surface area (Å²) in [6, 6.07) is 3.65.